The van der Waals surface area contributed by atoms with Crippen LogP contribution >= 0.6 is 0 Å². The van der Waals surface area contributed by atoms with Crippen molar-refractivity contribution >= 4 is 0 Å². The Balaban J connectivity index is 2.28. The van der Waals surface area contributed by atoms with E-state index in [-0.39, 0.29) is 6.23 Å². The molecule has 48 valence electrons. The number of aliphatic hydroxyl groups excluding tert-OH is 1. The third-order valence-electron chi connectivity index (χ3n) is 1.45. The van der Waals surface area contributed by atoms with Gasteiger partial charge >= 0.3 is 0 Å². The first-order valence-corrected chi connectivity index (χ1v) is 2.90. The molecule has 1 aliphatic rings. The number of nitrogens with zero attached hydrogens (tertiary/aromatic N) is 1. The molecule has 0 aliphatic carbocycles. The number of hydrogen-bond acceptors (Lipinski definition) is 3. The van der Waals surface area contributed by atoms with E-state index in [1.807, 2.05) is 11.9 Å². The highest BCUT2D eigenvalue weighted by atomic mass is 16.3. The maximum atomic E-state index is 9.06. The summed E-state index contributed by atoms with van der Waals surface area (Å²) in [5.41, 5.74) is 0. The van der Waals surface area contributed by atoms with Crippen molar-refractivity contribution in [2.45, 2.75) is 12.6 Å². The molecule has 0 amide bonds. The molecule has 1 saturated heterocycles. The third-order valence-corrected chi connectivity index (χ3v) is 1.45. The van der Waals surface area contributed by atoms with E-state index >= 15 is 0 Å². The minimum absolute atomic E-state index is 0.226. The highest BCUT2D eigenvalue weighted by Gasteiger charge is 2.13. The van der Waals surface area contributed by atoms with Crippen LogP contribution in [0.4, 0.5) is 0 Å². The van der Waals surface area contributed by atoms with E-state index in [1.165, 1.54) is 0 Å². The van der Waals surface area contributed by atoms with Gasteiger partial charge in [-0.05, 0) is 13.5 Å². The average Bonchev–Trinajstić information content (AvgIpc) is 1.77. The monoisotopic (exact) mass is 116 g/mol. The van der Waals surface area contributed by atoms with Crippen molar-refractivity contribution in [3.63, 3.8) is 0 Å². The molecule has 1 atom stereocenters. The van der Waals surface area contributed by atoms with Gasteiger partial charge in [0.2, 0.25) is 0 Å². The zero-order valence-corrected chi connectivity index (χ0v) is 5.09. The first kappa shape index (κ1) is 6.01. The van der Waals surface area contributed by atoms with Gasteiger partial charge in [-0.2, -0.15) is 0 Å². The molecule has 3 nitrogen and oxygen atoms in total. The van der Waals surface area contributed by atoms with E-state index in [9.17, 15) is 0 Å². The van der Waals surface area contributed by atoms with Gasteiger partial charge in [-0.1, -0.05) is 0 Å². The largest absolute Gasteiger partial charge is 0.378 e. The van der Waals surface area contributed by atoms with Gasteiger partial charge in [-0.15, -0.1) is 0 Å². The summed E-state index contributed by atoms with van der Waals surface area (Å²) in [6.07, 6.45) is 0.618. The number of hydrogen-bond donors (Lipinski definition) is 2. The van der Waals surface area contributed by atoms with Crippen LogP contribution in [0.25, 0.3) is 0 Å². The standard InChI is InChI=1S/C5H12N2O/c1-7-4-6-3-2-5(7)8/h5-6,8H,2-4H2,1H3. The van der Waals surface area contributed by atoms with E-state index in [1.54, 1.807) is 0 Å². The predicted octanol–water partition coefficient (Wildman–Crippen LogP) is -0.813. The Hall–Kier alpha value is -0.120. The number of rotatable bonds is 0. The molecule has 1 rings (SSSR count). The van der Waals surface area contributed by atoms with Crippen molar-refractivity contribution in [3.8, 4) is 0 Å². The van der Waals surface area contributed by atoms with Crippen LogP contribution in [0.5, 0.6) is 0 Å². The zero-order valence-electron chi connectivity index (χ0n) is 5.09. The number of aliphatic hydroxyl groups is 1. The van der Waals surface area contributed by atoms with Gasteiger partial charge in [0.25, 0.3) is 0 Å². The second kappa shape index (κ2) is 2.44. The lowest BCUT2D eigenvalue weighted by Gasteiger charge is -2.28. The maximum absolute atomic E-state index is 9.06. The van der Waals surface area contributed by atoms with Crippen molar-refractivity contribution in [2.24, 2.45) is 0 Å². The fourth-order valence-electron chi connectivity index (χ4n) is 0.812. The van der Waals surface area contributed by atoms with Gasteiger partial charge in [-0.3, -0.25) is 4.90 Å². The lowest BCUT2D eigenvalue weighted by atomic mass is 10.3. The van der Waals surface area contributed by atoms with E-state index < -0.39 is 0 Å². The lowest BCUT2D eigenvalue weighted by Crippen LogP contribution is -2.45. The van der Waals surface area contributed by atoms with Gasteiger partial charge in [0.1, 0.15) is 6.23 Å². The highest BCUT2D eigenvalue weighted by Crippen LogP contribution is 1.99. The lowest BCUT2D eigenvalue weighted by molar-refractivity contribution is -0.00876. The Morgan fingerprint density at radius 1 is 1.75 bits per heavy atom. The Morgan fingerprint density at radius 2 is 2.50 bits per heavy atom. The van der Waals surface area contributed by atoms with Crippen molar-refractivity contribution in [3.05, 3.63) is 0 Å². The molecule has 1 fully saturated rings. The third kappa shape index (κ3) is 1.18. The molecule has 0 spiro atoms. The van der Waals surface area contributed by atoms with Gasteiger partial charge in [0.05, 0.1) is 6.67 Å². The molecular weight excluding hydrogens is 104 g/mol. The highest BCUT2D eigenvalue weighted by molar-refractivity contribution is 4.63. The zero-order chi connectivity index (χ0) is 5.98. The molecule has 8 heavy (non-hydrogen) atoms. The normalized spacial score (nSPS) is 33.0. The Labute approximate surface area is 49.3 Å². The van der Waals surface area contributed by atoms with Crippen LogP contribution in [0.15, 0.2) is 0 Å². The molecule has 0 aromatic carbocycles. The molecule has 1 aliphatic heterocycles. The van der Waals surface area contributed by atoms with E-state index in [0.717, 1.165) is 19.6 Å². The van der Waals surface area contributed by atoms with Crippen LogP contribution in [-0.2, 0) is 0 Å². The van der Waals surface area contributed by atoms with Crippen molar-refractivity contribution in [1.82, 2.24) is 10.2 Å². The molecule has 0 saturated carbocycles. The predicted molar refractivity (Wildman–Crippen MR) is 31.3 cm³/mol. The molecule has 0 aromatic heterocycles. The van der Waals surface area contributed by atoms with Crippen molar-refractivity contribution in [2.75, 3.05) is 20.3 Å². The molecular formula is C5H12N2O. The van der Waals surface area contributed by atoms with Crippen molar-refractivity contribution in [1.29, 1.82) is 0 Å². The van der Waals surface area contributed by atoms with Crippen LogP contribution in [0, 0.1) is 0 Å². The van der Waals surface area contributed by atoms with Crippen LogP contribution in [0.2, 0.25) is 0 Å². The summed E-state index contributed by atoms with van der Waals surface area (Å²) in [4.78, 5) is 1.88. The summed E-state index contributed by atoms with van der Waals surface area (Å²) in [6.45, 7) is 1.74. The van der Waals surface area contributed by atoms with Gasteiger partial charge in [0, 0.05) is 6.54 Å². The Morgan fingerprint density at radius 3 is 2.88 bits per heavy atom. The Bertz CT molecular complexity index is 66.8. The molecule has 3 heteroatoms. The molecule has 0 radical (unpaired) electrons. The van der Waals surface area contributed by atoms with Crippen LogP contribution < -0.4 is 5.32 Å². The van der Waals surface area contributed by atoms with Crippen LogP contribution in [0.3, 0.4) is 0 Å². The fraction of sp³-hybridized carbons (Fsp3) is 1.00. The molecule has 0 bridgehead atoms. The first-order chi connectivity index (χ1) is 3.80. The van der Waals surface area contributed by atoms with Gasteiger partial charge in [-0.25, -0.2) is 0 Å². The summed E-state index contributed by atoms with van der Waals surface area (Å²) >= 11 is 0. The van der Waals surface area contributed by atoms with Crippen molar-refractivity contribution < 1.29 is 5.11 Å². The minimum Gasteiger partial charge on any atom is -0.378 e. The topological polar surface area (TPSA) is 35.5 Å². The van der Waals surface area contributed by atoms with E-state index in [2.05, 4.69) is 5.32 Å². The smallest absolute Gasteiger partial charge is 0.109 e. The molecule has 0 aromatic rings. The summed E-state index contributed by atoms with van der Waals surface area (Å²) in [6, 6.07) is 0. The summed E-state index contributed by atoms with van der Waals surface area (Å²) in [7, 11) is 1.90. The Kier molecular flexibility index (Phi) is 1.83. The minimum atomic E-state index is -0.226. The summed E-state index contributed by atoms with van der Waals surface area (Å²) in [5, 5.41) is 12.2. The van der Waals surface area contributed by atoms with Crippen LogP contribution in [-0.4, -0.2) is 36.5 Å². The fourth-order valence-corrected chi connectivity index (χ4v) is 0.812. The molecule has 1 heterocycles. The second-order valence-electron chi connectivity index (χ2n) is 2.18. The second-order valence-corrected chi connectivity index (χ2v) is 2.18. The van der Waals surface area contributed by atoms with E-state index in [0.29, 0.717) is 0 Å². The maximum Gasteiger partial charge on any atom is 0.109 e. The van der Waals surface area contributed by atoms with Gasteiger partial charge < -0.3 is 10.4 Å². The summed E-state index contributed by atoms with van der Waals surface area (Å²) < 4.78 is 0. The SMILES string of the molecule is CN1CNCCC1O. The molecule has 1 unspecified atom stereocenters. The molecule has 2 N–H and O–H groups in total. The van der Waals surface area contributed by atoms with E-state index in [4.69, 9.17) is 5.11 Å². The first-order valence-electron chi connectivity index (χ1n) is 2.90. The van der Waals surface area contributed by atoms with Crippen LogP contribution in [0.1, 0.15) is 6.42 Å². The quantitative estimate of drug-likeness (QED) is 0.434. The number of nitrogens with one attached hydrogen (secondary N) is 1. The van der Waals surface area contributed by atoms with Gasteiger partial charge in [0.15, 0.2) is 0 Å². The average molecular weight is 116 g/mol. The summed E-state index contributed by atoms with van der Waals surface area (Å²) in [5.74, 6) is 0.